The van der Waals surface area contributed by atoms with Crippen molar-refractivity contribution < 1.29 is 19.2 Å². The first-order valence-electron chi connectivity index (χ1n) is 9.69. The van der Waals surface area contributed by atoms with Crippen LogP contribution in [0, 0.1) is 17.0 Å². The molecule has 0 aliphatic rings. The molecule has 0 spiro atoms. The summed E-state index contributed by atoms with van der Waals surface area (Å²) in [5.41, 5.74) is 3.72. The Morgan fingerprint density at radius 1 is 1.28 bits per heavy atom. The zero-order valence-corrected chi connectivity index (χ0v) is 18.8. The Bertz CT molecular complexity index is 1160. The number of amides is 1. The number of nitrogens with zero attached hydrogens (tertiary/aromatic N) is 3. The van der Waals surface area contributed by atoms with Gasteiger partial charge in [-0.1, -0.05) is 30.3 Å². The second-order valence-electron chi connectivity index (χ2n) is 6.98. The third-order valence-corrected chi connectivity index (χ3v) is 5.26. The Morgan fingerprint density at radius 3 is 2.62 bits per heavy atom. The fourth-order valence-corrected chi connectivity index (χ4v) is 3.77. The molecule has 3 rings (SSSR count). The van der Waals surface area contributed by atoms with Crippen LogP contribution in [-0.2, 0) is 0 Å². The summed E-state index contributed by atoms with van der Waals surface area (Å²) in [5, 5.41) is 16.2. The standard InChI is InChI=1S/C22H22N4O5S/c1-13(2)31-20-17(26(28)29)10-15(11-18(20)30-4)12-23-25-21(27)19-14(3)32-22(24-19)16-8-6-5-7-9-16/h5-13H,1-4H3,(H,25,27)/b23-12-. The zero-order valence-electron chi connectivity index (χ0n) is 18.0. The van der Waals surface area contributed by atoms with Crippen LogP contribution in [-0.4, -0.2) is 35.2 Å². The minimum absolute atomic E-state index is 0.0419. The Kier molecular flexibility index (Phi) is 7.16. The number of aryl methyl sites for hydroxylation is 1. The number of ether oxygens (including phenoxy) is 2. The third-order valence-electron chi connectivity index (χ3n) is 4.24. The molecule has 0 aliphatic carbocycles. The Hall–Kier alpha value is -3.79. The molecular formula is C22H22N4O5S. The van der Waals surface area contributed by atoms with Crippen LogP contribution in [0.1, 0.15) is 34.8 Å². The maximum atomic E-state index is 12.5. The Labute approximate surface area is 188 Å². The van der Waals surface area contributed by atoms with Gasteiger partial charge in [-0.05, 0) is 26.8 Å². The van der Waals surface area contributed by atoms with Gasteiger partial charge in [0.05, 0.1) is 24.4 Å². The van der Waals surface area contributed by atoms with Crippen molar-refractivity contribution in [2.45, 2.75) is 26.9 Å². The van der Waals surface area contributed by atoms with Crippen molar-refractivity contribution in [3.05, 3.63) is 68.7 Å². The minimum atomic E-state index is -0.556. The Morgan fingerprint density at radius 2 is 2.00 bits per heavy atom. The monoisotopic (exact) mass is 454 g/mol. The molecule has 0 aliphatic heterocycles. The van der Waals surface area contributed by atoms with Gasteiger partial charge in [0.2, 0.25) is 5.75 Å². The molecule has 0 saturated heterocycles. The van der Waals surface area contributed by atoms with E-state index in [0.717, 1.165) is 15.4 Å². The van der Waals surface area contributed by atoms with E-state index in [-0.39, 0.29) is 29.0 Å². The molecule has 3 aromatic rings. The van der Waals surface area contributed by atoms with Crippen LogP contribution in [0.2, 0.25) is 0 Å². The number of rotatable bonds is 8. The van der Waals surface area contributed by atoms with Crippen molar-refractivity contribution in [1.29, 1.82) is 0 Å². The molecule has 0 bridgehead atoms. The summed E-state index contributed by atoms with van der Waals surface area (Å²) in [6, 6.07) is 12.4. The quantitative estimate of drug-likeness (QED) is 0.302. The van der Waals surface area contributed by atoms with Crippen molar-refractivity contribution >= 4 is 29.1 Å². The first-order valence-corrected chi connectivity index (χ1v) is 10.5. The van der Waals surface area contributed by atoms with Gasteiger partial charge in [-0.2, -0.15) is 5.10 Å². The molecule has 0 atom stereocenters. The van der Waals surface area contributed by atoms with E-state index >= 15 is 0 Å². The SMILES string of the molecule is COc1cc(/C=N\NC(=O)c2nc(-c3ccccc3)sc2C)cc([N+](=O)[O-])c1OC(C)C. The number of nitro benzene ring substituents is 1. The summed E-state index contributed by atoms with van der Waals surface area (Å²) in [4.78, 5) is 28.7. The summed E-state index contributed by atoms with van der Waals surface area (Å²) in [5.74, 6) is -0.234. The van der Waals surface area contributed by atoms with Gasteiger partial charge in [0.25, 0.3) is 5.91 Å². The van der Waals surface area contributed by atoms with Gasteiger partial charge in [0.1, 0.15) is 10.7 Å². The number of thiazole rings is 1. The summed E-state index contributed by atoms with van der Waals surface area (Å²) in [6.07, 6.45) is 1.02. The lowest BCUT2D eigenvalue weighted by Gasteiger charge is -2.14. The van der Waals surface area contributed by atoms with Gasteiger partial charge < -0.3 is 9.47 Å². The normalized spacial score (nSPS) is 11.0. The first-order chi connectivity index (χ1) is 15.3. The van der Waals surface area contributed by atoms with E-state index in [4.69, 9.17) is 9.47 Å². The molecule has 10 heteroatoms. The fourth-order valence-electron chi connectivity index (χ4n) is 2.85. The maximum Gasteiger partial charge on any atom is 0.315 e. The molecule has 1 heterocycles. The molecule has 0 unspecified atom stereocenters. The highest BCUT2D eigenvalue weighted by atomic mass is 32.1. The third kappa shape index (κ3) is 5.27. The highest BCUT2D eigenvalue weighted by Gasteiger charge is 2.23. The number of methoxy groups -OCH3 is 1. The lowest BCUT2D eigenvalue weighted by atomic mass is 10.2. The average molecular weight is 455 g/mol. The van der Waals surface area contributed by atoms with Crippen LogP contribution in [0.4, 0.5) is 5.69 Å². The van der Waals surface area contributed by atoms with E-state index in [1.54, 1.807) is 19.9 Å². The fraction of sp³-hybridized carbons (Fsp3) is 0.227. The van der Waals surface area contributed by atoms with Crippen molar-refractivity contribution in [2.24, 2.45) is 5.10 Å². The minimum Gasteiger partial charge on any atom is -0.493 e. The van der Waals surface area contributed by atoms with Crippen LogP contribution >= 0.6 is 11.3 Å². The number of carbonyl (C=O) groups is 1. The average Bonchev–Trinajstić information content (AvgIpc) is 3.16. The molecule has 1 N–H and O–H groups in total. The lowest BCUT2D eigenvalue weighted by Crippen LogP contribution is -2.19. The van der Waals surface area contributed by atoms with Crippen molar-refractivity contribution in [2.75, 3.05) is 7.11 Å². The van der Waals surface area contributed by atoms with Crippen molar-refractivity contribution in [3.63, 3.8) is 0 Å². The van der Waals surface area contributed by atoms with Crippen molar-refractivity contribution in [1.82, 2.24) is 10.4 Å². The summed E-state index contributed by atoms with van der Waals surface area (Å²) >= 11 is 1.41. The molecule has 32 heavy (non-hydrogen) atoms. The topological polar surface area (TPSA) is 116 Å². The van der Waals surface area contributed by atoms with Crippen LogP contribution < -0.4 is 14.9 Å². The molecule has 0 radical (unpaired) electrons. The van der Waals surface area contributed by atoms with Crippen LogP contribution in [0.5, 0.6) is 11.5 Å². The van der Waals surface area contributed by atoms with E-state index < -0.39 is 10.8 Å². The van der Waals surface area contributed by atoms with Gasteiger partial charge in [0, 0.05) is 22.1 Å². The second-order valence-corrected chi connectivity index (χ2v) is 8.19. The predicted octanol–water partition coefficient (Wildman–Crippen LogP) is 4.59. The number of hydrogen-bond acceptors (Lipinski definition) is 8. The number of carbonyl (C=O) groups excluding carboxylic acids is 1. The molecule has 166 valence electrons. The van der Waals surface area contributed by atoms with E-state index in [2.05, 4.69) is 15.5 Å². The van der Waals surface area contributed by atoms with Crippen LogP contribution in [0.25, 0.3) is 10.6 Å². The zero-order chi connectivity index (χ0) is 23.3. The number of aromatic nitrogens is 1. The molecular weight excluding hydrogens is 432 g/mol. The second kappa shape index (κ2) is 10.0. The van der Waals surface area contributed by atoms with Crippen LogP contribution in [0.3, 0.4) is 0 Å². The maximum absolute atomic E-state index is 12.5. The molecule has 2 aromatic carbocycles. The molecule has 0 fully saturated rings. The number of nitro groups is 1. The van der Waals surface area contributed by atoms with E-state index in [0.29, 0.717) is 5.56 Å². The summed E-state index contributed by atoms with van der Waals surface area (Å²) in [6.45, 7) is 5.33. The molecule has 9 nitrogen and oxygen atoms in total. The van der Waals surface area contributed by atoms with Crippen LogP contribution in [0.15, 0.2) is 47.6 Å². The number of benzene rings is 2. The number of hydrogen-bond donors (Lipinski definition) is 1. The highest BCUT2D eigenvalue weighted by molar-refractivity contribution is 7.15. The van der Waals surface area contributed by atoms with Gasteiger partial charge in [-0.3, -0.25) is 14.9 Å². The number of nitrogens with one attached hydrogen (secondary N) is 1. The molecule has 1 amide bonds. The first kappa shape index (κ1) is 22.9. The van der Waals surface area contributed by atoms with E-state index in [9.17, 15) is 14.9 Å². The largest absolute Gasteiger partial charge is 0.493 e. The van der Waals surface area contributed by atoms with Gasteiger partial charge >= 0.3 is 5.69 Å². The summed E-state index contributed by atoms with van der Waals surface area (Å²) in [7, 11) is 1.39. The summed E-state index contributed by atoms with van der Waals surface area (Å²) < 4.78 is 10.8. The smallest absolute Gasteiger partial charge is 0.315 e. The van der Waals surface area contributed by atoms with E-state index in [1.165, 1.54) is 30.7 Å². The molecule has 1 aromatic heterocycles. The number of hydrazone groups is 1. The Balaban J connectivity index is 1.80. The van der Waals surface area contributed by atoms with Crippen molar-refractivity contribution in [3.8, 4) is 22.1 Å². The highest BCUT2D eigenvalue weighted by Crippen LogP contribution is 2.38. The lowest BCUT2D eigenvalue weighted by molar-refractivity contribution is -0.386. The van der Waals surface area contributed by atoms with Gasteiger partial charge in [-0.15, -0.1) is 11.3 Å². The van der Waals surface area contributed by atoms with Gasteiger partial charge in [0.15, 0.2) is 5.75 Å². The van der Waals surface area contributed by atoms with Gasteiger partial charge in [-0.25, -0.2) is 10.4 Å². The predicted molar refractivity (Wildman–Crippen MR) is 123 cm³/mol. The molecule has 0 saturated carbocycles. The van der Waals surface area contributed by atoms with E-state index in [1.807, 2.05) is 37.3 Å².